The van der Waals surface area contributed by atoms with Gasteiger partial charge in [0.25, 0.3) is 0 Å². The van der Waals surface area contributed by atoms with Crippen molar-refractivity contribution in [2.75, 3.05) is 0 Å². The lowest BCUT2D eigenvalue weighted by molar-refractivity contribution is 1.63. The van der Waals surface area contributed by atoms with Crippen LogP contribution >= 0.6 is 0 Å². The Morgan fingerprint density at radius 3 is 1.62 bits per heavy atom. The van der Waals surface area contributed by atoms with Crippen molar-refractivity contribution in [3.63, 3.8) is 0 Å². The predicted octanol–water partition coefficient (Wildman–Crippen LogP) is 11.3. The van der Waals surface area contributed by atoms with Crippen LogP contribution in [0.15, 0.2) is 157 Å². The van der Waals surface area contributed by atoms with E-state index in [2.05, 4.69) is 0 Å². The van der Waals surface area contributed by atoms with Gasteiger partial charge >= 0.3 is 0 Å². The van der Waals surface area contributed by atoms with E-state index in [0.717, 1.165) is 10.8 Å². The molecule has 0 saturated carbocycles. The first-order valence-electron chi connectivity index (χ1n) is 19.7. The Morgan fingerprint density at radius 2 is 0.925 bits per heavy atom. The Kier molecular flexibility index (Phi) is 2.94. The molecule has 0 aliphatic heterocycles. The van der Waals surface area contributed by atoms with Gasteiger partial charge < -0.3 is 0 Å². The van der Waals surface area contributed by atoms with Gasteiger partial charge in [0.1, 0.15) is 0 Å². The average molecular weight is 521 g/mol. The van der Waals surface area contributed by atoms with Crippen molar-refractivity contribution in [2.24, 2.45) is 0 Å². The highest BCUT2D eigenvalue weighted by Crippen LogP contribution is 2.44. The lowest BCUT2D eigenvalue weighted by Gasteiger charge is -2.18. The molecule has 0 radical (unpaired) electrons. The number of rotatable bonds is 3. The second-order valence-electron chi connectivity index (χ2n) is 9.47. The highest BCUT2D eigenvalue weighted by atomic mass is 14.2. The number of benzene rings is 8. The lowest BCUT2D eigenvalue weighted by Crippen LogP contribution is -1.91. The molecule has 8 aromatic rings. The first-order valence-corrected chi connectivity index (χ1v) is 12.7. The van der Waals surface area contributed by atoms with Gasteiger partial charge in [-0.1, -0.05) is 139 Å². The van der Waals surface area contributed by atoms with Gasteiger partial charge in [0, 0.05) is 0 Å². The summed E-state index contributed by atoms with van der Waals surface area (Å²) in [6, 6.07) is 14.6. The minimum absolute atomic E-state index is 0.0266. The molecule has 0 atom stereocenters. The van der Waals surface area contributed by atoms with Crippen LogP contribution in [0.25, 0.3) is 76.5 Å². The minimum Gasteiger partial charge on any atom is -0.0616 e. The topological polar surface area (TPSA) is 0 Å². The molecule has 8 aromatic carbocycles. The highest BCUT2D eigenvalue weighted by molar-refractivity contribution is 6.21. The van der Waals surface area contributed by atoms with E-state index in [9.17, 15) is 5.48 Å². The van der Waals surface area contributed by atoms with E-state index < -0.39 is 72.5 Å². The van der Waals surface area contributed by atoms with Gasteiger partial charge in [0.15, 0.2) is 0 Å². The van der Waals surface area contributed by atoms with Crippen molar-refractivity contribution in [1.29, 1.82) is 0 Å². The number of hydrogen-bond acceptors (Lipinski definition) is 0. The summed E-state index contributed by atoms with van der Waals surface area (Å²) < 4.78 is 123. The maximum Gasteiger partial charge on any atom is 0.0636 e. The molecule has 0 bridgehead atoms. The third-order valence-corrected chi connectivity index (χ3v) is 7.18. The van der Waals surface area contributed by atoms with Gasteiger partial charge in [0.05, 0.1) is 19.2 Å². The summed E-state index contributed by atoms with van der Waals surface area (Å²) in [5.41, 5.74) is 1.61. The molecule has 0 spiro atoms. The maximum atomic E-state index is 9.24. The molecule has 186 valence electrons. The van der Waals surface area contributed by atoms with Gasteiger partial charge in [-0.2, -0.15) is 0 Å². The zero-order valence-electron chi connectivity index (χ0n) is 34.9. The smallest absolute Gasteiger partial charge is 0.0616 e. The zero-order chi connectivity index (χ0) is 38.7. The van der Waals surface area contributed by atoms with Crippen molar-refractivity contribution in [2.45, 2.75) is 0 Å². The number of fused-ring (bicyclic) bond motifs is 4. The van der Waals surface area contributed by atoms with E-state index in [1.807, 2.05) is 36.4 Å². The monoisotopic (exact) mass is 520 g/mol. The molecule has 0 nitrogen and oxygen atoms in total. The fourth-order valence-electron chi connectivity index (χ4n) is 5.37. The molecule has 0 aliphatic carbocycles. The van der Waals surface area contributed by atoms with Gasteiger partial charge in [-0.25, -0.2) is 0 Å². The summed E-state index contributed by atoms with van der Waals surface area (Å²) in [6.07, 6.45) is 0. The predicted molar refractivity (Wildman–Crippen MR) is 173 cm³/mol. The van der Waals surface area contributed by atoms with Crippen LogP contribution in [0.5, 0.6) is 0 Å². The standard InChI is InChI=1S/C40H26/c1-3-12-29-24-32(22-20-27(29)10-1)31-14-9-15-33(26-31)39-35-16-5-7-18-37(35)40(38-19-8-6-17-36(38)39)34-23-21-28-11-2-4-13-30(28)25-34/h1-26H/i1D,3D,5D,6D,7D,8D,10D,12D,16D,17D,18D,19D,20D,24D. The Bertz CT molecular complexity index is 2910. The third-order valence-electron chi connectivity index (χ3n) is 7.18. The summed E-state index contributed by atoms with van der Waals surface area (Å²) in [6.45, 7) is 0. The average Bonchev–Trinajstić information content (AvgIpc) is 3.18. The van der Waals surface area contributed by atoms with Crippen LogP contribution in [-0.4, -0.2) is 0 Å². The lowest BCUT2D eigenvalue weighted by atomic mass is 9.85. The number of hydrogen-bond donors (Lipinski definition) is 0. The van der Waals surface area contributed by atoms with Crippen LogP contribution in [0.2, 0.25) is 0 Å². The second-order valence-corrected chi connectivity index (χ2v) is 9.47. The van der Waals surface area contributed by atoms with Gasteiger partial charge in [-0.3, -0.25) is 0 Å². The third kappa shape index (κ3) is 3.69. The van der Waals surface area contributed by atoms with Crippen molar-refractivity contribution in [3.05, 3.63) is 157 Å². The van der Waals surface area contributed by atoms with E-state index in [-0.39, 0.29) is 61.1 Å². The zero-order valence-corrected chi connectivity index (χ0v) is 20.9. The van der Waals surface area contributed by atoms with Gasteiger partial charge in [-0.15, -0.1) is 0 Å². The summed E-state index contributed by atoms with van der Waals surface area (Å²) in [4.78, 5) is 0. The van der Waals surface area contributed by atoms with Crippen LogP contribution in [0.4, 0.5) is 0 Å². The molecular formula is C40H26. The molecule has 0 heteroatoms. The van der Waals surface area contributed by atoms with Crippen molar-refractivity contribution in [3.8, 4) is 33.4 Å². The Morgan fingerprint density at radius 1 is 0.350 bits per heavy atom. The second kappa shape index (κ2) is 9.22. The first-order chi connectivity index (χ1) is 25.6. The van der Waals surface area contributed by atoms with Crippen LogP contribution in [-0.2, 0) is 0 Å². The highest BCUT2D eigenvalue weighted by Gasteiger charge is 2.17. The fourth-order valence-corrected chi connectivity index (χ4v) is 5.37. The maximum absolute atomic E-state index is 9.24. The van der Waals surface area contributed by atoms with Crippen LogP contribution in [0.3, 0.4) is 0 Å². The molecule has 0 amide bonds. The molecule has 0 unspecified atom stereocenters. The largest absolute Gasteiger partial charge is 0.0636 e. The summed E-state index contributed by atoms with van der Waals surface area (Å²) >= 11 is 0. The molecule has 0 fully saturated rings. The first kappa shape index (κ1) is 12.8. The van der Waals surface area contributed by atoms with Crippen molar-refractivity contribution in [1.82, 2.24) is 0 Å². The van der Waals surface area contributed by atoms with Crippen LogP contribution in [0.1, 0.15) is 19.2 Å². The molecule has 0 aromatic heterocycles. The molecular weight excluding hydrogens is 480 g/mol. The quantitative estimate of drug-likeness (QED) is 0.203. The fraction of sp³-hybridized carbons (Fsp3) is 0. The molecule has 40 heavy (non-hydrogen) atoms. The SMILES string of the molecule is [2H]c1c([2H])c([2H])c2c([2H])c(-c3cccc(-c4c5c([2H])c([2H])c([2H])c([2H])c5c(-c5ccc6ccccc6c5)c5c([2H])c([2H])c([2H])c([2H])c45)c3)cc([2H])c2c1[2H]. The molecule has 0 aliphatic rings. The van der Waals surface area contributed by atoms with E-state index in [1.54, 1.807) is 30.3 Å². The summed E-state index contributed by atoms with van der Waals surface area (Å²) in [5.74, 6) is 0. The van der Waals surface area contributed by atoms with E-state index in [4.69, 9.17) is 13.7 Å². The molecule has 0 heterocycles. The van der Waals surface area contributed by atoms with E-state index in [1.165, 1.54) is 6.07 Å². The Hall–Kier alpha value is -5.20. The van der Waals surface area contributed by atoms with Crippen molar-refractivity contribution >= 4 is 43.1 Å². The Labute approximate surface area is 253 Å². The molecule has 0 saturated heterocycles. The van der Waals surface area contributed by atoms with Crippen molar-refractivity contribution < 1.29 is 19.2 Å². The molecule has 0 N–H and O–H groups in total. The van der Waals surface area contributed by atoms with E-state index >= 15 is 0 Å². The van der Waals surface area contributed by atoms with E-state index in [0.29, 0.717) is 16.7 Å². The normalized spacial score (nSPS) is 16.4. The minimum atomic E-state index is -0.543. The summed E-state index contributed by atoms with van der Waals surface area (Å²) in [7, 11) is 0. The Balaban J connectivity index is 1.56. The van der Waals surface area contributed by atoms with Crippen LogP contribution < -0.4 is 0 Å². The van der Waals surface area contributed by atoms with Gasteiger partial charge in [-0.05, 0) is 94.6 Å². The molecule has 8 rings (SSSR count). The van der Waals surface area contributed by atoms with Crippen LogP contribution in [0, 0.1) is 0 Å². The summed E-state index contributed by atoms with van der Waals surface area (Å²) in [5, 5.41) is 1.66. The van der Waals surface area contributed by atoms with Gasteiger partial charge in [0.2, 0.25) is 0 Å².